The molecule has 0 unspecified atom stereocenters. The molecule has 9 nitrogen and oxygen atoms in total. The lowest BCUT2D eigenvalue weighted by atomic mass is 9.71. The molecule has 0 radical (unpaired) electrons. The third-order valence-electron chi connectivity index (χ3n) is 7.58. The molecule has 1 aliphatic heterocycles. The molecule has 0 atom stereocenters. The number of carbonyl (C=O) groups is 1. The number of nitrogens with two attached hydrogens (primary N) is 1. The van der Waals surface area contributed by atoms with Gasteiger partial charge in [-0.2, -0.15) is 0 Å². The van der Waals surface area contributed by atoms with E-state index in [0.717, 1.165) is 35.2 Å². The predicted molar refractivity (Wildman–Crippen MR) is 141 cm³/mol. The Hall–Kier alpha value is -2.92. The lowest BCUT2D eigenvalue weighted by Gasteiger charge is -2.39. The van der Waals surface area contributed by atoms with E-state index in [1.807, 2.05) is 18.2 Å². The fourth-order valence-corrected chi connectivity index (χ4v) is 6.58. The molecule has 0 bridgehead atoms. The number of fused-ring (bicyclic) bond motifs is 4. The normalized spacial score (nSPS) is 18.1. The maximum atomic E-state index is 13.9. The Morgan fingerprint density at radius 3 is 2.44 bits per heavy atom. The molecule has 0 amide bonds. The first-order chi connectivity index (χ1) is 17.0. The maximum Gasteiger partial charge on any atom is 0.244 e. The average Bonchev–Trinajstić information content (AvgIpc) is 3.22. The van der Waals surface area contributed by atoms with Crippen molar-refractivity contribution < 1.29 is 18.3 Å². The van der Waals surface area contributed by atoms with E-state index in [1.165, 1.54) is 18.4 Å². The molecule has 1 aromatic heterocycles. The van der Waals surface area contributed by atoms with Crippen LogP contribution in [0.1, 0.15) is 41.0 Å². The van der Waals surface area contributed by atoms with Crippen LogP contribution in [0.3, 0.4) is 0 Å². The highest BCUT2D eigenvalue weighted by Crippen LogP contribution is 2.46. The standard InChI is InChI=1S/C26H33N5O4S/c1-26(2)19-15-21(31-9-7-30(8-10-31)11-12-32)22(36(34,35)29(3)4)14-18(19)24(33)23-17-6-5-16(27)13-20(17)28-25(23)26/h5-6,13-15,28,32H,7-12,27H2,1-4H3. The van der Waals surface area contributed by atoms with Crippen LogP contribution in [0.5, 0.6) is 0 Å². The van der Waals surface area contributed by atoms with Gasteiger partial charge < -0.3 is 20.7 Å². The largest absolute Gasteiger partial charge is 0.399 e. The van der Waals surface area contributed by atoms with Gasteiger partial charge in [0, 0.05) is 80.1 Å². The molecular formula is C26H33N5O4S. The molecule has 4 N–H and O–H groups in total. The van der Waals surface area contributed by atoms with Crippen LogP contribution >= 0.6 is 0 Å². The number of aliphatic hydroxyl groups is 1. The highest BCUT2D eigenvalue weighted by molar-refractivity contribution is 7.89. The van der Waals surface area contributed by atoms with Crippen molar-refractivity contribution in [2.45, 2.75) is 24.2 Å². The second-order valence-electron chi connectivity index (χ2n) is 10.3. The minimum absolute atomic E-state index is 0.0912. The zero-order chi connectivity index (χ0) is 26.0. The predicted octanol–water partition coefficient (Wildman–Crippen LogP) is 1.99. The first-order valence-electron chi connectivity index (χ1n) is 12.1. The molecule has 1 aliphatic carbocycles. The molecule has 10 heteroatoms. The summed E-state index contributed by atoms with van der Waals surface area (Å²) in [5, 5.41) is 10.1. The minimum atomic E-state index is -3.83. The van der Waals surface area contributed by atoms with E-state index in [0.29, 0.717) is 42.1 Å². The number of nitrogens with zero attached hydrogens (tertiary/aromatic N) is 3. The summed E-state index contributed by atoms with van der Waals surface area (Å²) in [5.41, 5.74) is 10.0. The number of nitrogen functional groups attached to an aromatic ring is 1. The van der Waals surface area contributed by atoms with Gasteiger partial charge in [-0.1, -0.05) is 19.9 Å². The summed E-state index contributed by atoms with van der Waals surface area (Å²) in [5.74, 6) is -0.190. The number of nitrogens with one attached hydrogen (secondary N) is 1. The van der Waals surface area contributed by atoms with E-state index >= 15 is 0 Å². The quantitative estimate of drug-likeness (QED) is 0.448. The van der Waals surface area contributed by atoms with Crippen molar-refractivity contribution in [1.82, 2.24) is 14.2 Å². The van der Waals surface area contributed by atoms with Gasteiger partial charge in [-0.25, -0.2) is 12.7 Å². The molecule has 0 spiro atoms. The summed E-state index contributed by atoms with van der Waals surface area (Å²) in [6.45, 7) is 7.48. The number of rotatable bonds is 5. The van der Waals surface area contributed by atoms with Crippen molar-refractivity contribution in [3.05, 3.63) is 52.7 Å². The Bertz CT molecular complexity index is 1470. The number of hydrogen-bond donors (Lipinski definition) is 3. The van der Waals surface area contributed by atoms with E-state index in [9.17, 15) is 18.3 Å². The topological polar surface area (TPSA) is 123 Å². The smallest absolute Gasteiger partial charge is 0.244 e. The molecule has 0 saturated carbocycles. The van der Waals surface area contributed by atoms with Crippen molar-refractivity contribution in [2.75, 3.05) is 64.1 Å². The molecule has 1 fully saturated rings. The van der Waals surface area contributed by atoms with E-state index in [4.69, 9.17) is 5.73 Å². The Morgan fingerprint density at radius 1 is 1.11 bits per heavy atom. The number of ketones is 1. The summed E-state index contributed by atoms with van der Waals surface area (Å²) in [7, 11) is -0.814. The van der Waals surface area contributed by atoms with Gasteiger partial charge >= 0.3 is 0 Å². The molecule has 2 aliphatic rings. The number of aromatic amines is 1. The highest BCUT2D eigenvalue weighted by atomic mass is 32.2. The molecule has 5 rings (SSSR count). The van der Waals surface area contributed by atoms with Crippen LogP contribution in [-0.2, 0) is 15.4 Å². The van der Waals surface area contributed by atoms with Crippen LogP contribution in [0.2, 0.25) is 0 Å². The van der Waals surface area contributed by atoms with Crippen molar-refractivity contribution in [1.29, 1.82) is 0 Å². The number of benzene rings is 2. The van der Waals surface area contributed by atoms with Gasteiger partial charge in [-0.3, -0.25) is 9.69 Å². The van der Waals surface area contributed by atoms with Gasteiger partial charge in [-0.05, 0) is 29.8 Å². The van der Waals surface area contributed by atoms with Crippen LogP contribution in [0.25, 0.3) is 10.9 Å². The molecule has 2 heterocycles. The van der Waals surface area contributed by atoms with Crippen LogP contribution in [0, 0.1) is 0 Å². The summed E-state index contributed by atoms with van der Waals surface area (Å²) in [6, 6.07) is 8.91. The van der Waals surface area contributed by atoms with Crippen LogP contribution in [0.4, 0.5) is 11.4 Å². The maximum absolute atomic E-state index is 13.9. The summed E-state index contributed by atoms with van der Waals surface area (Å²) < 4.78 is 28.2. The van der Waals surface area contributed by atoms with Gasteiger partial charge in [0.15, 0.2) is 5.78 Å². The monoisotopic (exact) mass is 511 g/mol. The van der Waals surface area contributed by atoms with Crippen LogP contribution in [0.15, 0.2) is 35.2 Å². The van der Waals surface area contributed by atoms with Crippen molar-refractivity contribution in [3.63, 3.8) is 0 Å². The number of piperazine rings is 1. The zero-order valence-electron chi connectivity index (χ0n) is 21.1. The number of H-pyrrole nitrogens is 1. The average molecular weight is 512 g/mol. The van der Waals surface area contributed by atoms with Gasteiger partial charge in [0.05, 0.1) is 17.9 Å². The van der Waals surface area contributed by atoms with Crippen molar-refractivity contribution in [3.8, 4) is 0 Å². The number of aromatic nitrogens is 1. The lowest BCUT2D eigenvalue weighted by molar-refractivity contribution is 0.103. The van der Waals surface area contributed by atoms with E-state index < -0.39 is 15.4 Å². The first kappa shape index (κ1) is 24.8. The Kier molecular flexibility index (Phi) is 5.90. The minimum Gasteiger partial charge on any atom is -0.399 e. The van der Waals surface area contributed by atoms with Crippen LogP contribution in [-0.4, -0.2) is 86.9 Å². The summed E-state index contributed by atoms with van der Waals surface area (Å²) >= 11 is 0. The van der Waals surface area contributed by atoms with Crippen molar-refractivity contribution in [2.24, 2.45) is 0 Å². The Morgan fingerprint density at radius 2 is 1.81 bits per heavy atom. The second-order valence-corrected chi connectivity index (χ2v) is 12.5. The molecule has 3 aromatic rings. The Labute approximate surface area is 211 Å². The van der Waals surface area contributed by atoms with Gasteiger partial charge in [0.2, 0.25) is 10.0 Å². The van der Waals surface area contributed by atoms with E-state index in [-0.39, 0.29) is 17.3 Å². The number of sulfonamides is 1. The molecule has 2 aromatic carbocycles. The number of aliphatic hydroxyl groups excluding tert-OH is 1. The van der Waals surface area contributed by atoms with E-state index in [2.05, 4.69) is 28.6 Å². The molecular weight excluding hydrogens is 478 g/mol. The van der Waals surface area contributed by atoms with Crippen molar-refractivity contribution >= 4 is 38.1 Å². The highest BCUT2D eigenvalue weighted by Gasteiger charge is 2.42. The number of β-amino-alcohol motifs (C(OH)–C–C–N with tert-alkyl or cyclic N) is 1. The third kappa shape index (κ3) is 3.71. The number of anilines is 2. The van der Waals surface area contributed by atoms with E-state index in [1.54, 1.807) is 12.1 Å². The zero-order valence-corrected chi connectivity index (χ0v) is 21.9. The molecule has 1 saturated heterocycles. The van der Waals surface area contributed by atoms with Gasteiger partial charge in [0.25, 0.3) is 0 Å². The SMILES string of the molecule is CN(C)S(=O)(=O)c1cc2c(cc1N1CCN(CCO)CC1)C(C)(C)c1[nH]c3cc(N)ccc3c1C2=O. The fraction of sp³-hybridized carbons (Fsp3) is 0.423. The first-order valence-corrected chi connectivity index (χ1v) is 13.6. The van der Waals surface area contributed by atoms with Gasteiger partial charge in [-0.15, -0.1) is 0 Å². The fourth-order valence-electron chi connectivity index (χ4n) is 5.47. The molecule has 36 heavy (non-hydrogen) atoms. The second kappa shape index (κ2) is 8.58. The molecule has 192 valence electrons. The number of carbonyl (C=O) groups excluding carboxylic acids is 1. The number of hydrogen-bond acceptors (Lipinski definition) is 7. The summed E-state index contributed by atoms with van der Waals surface area (Å²) in [4.78, 5) is 21.7. The third-order valence-corrected chi connectivity index (χ3v) is 9.42. The van der Waals surface area contributed by atoms with Gasteiger partial charge in [0.1, 0.15) is 4.90 Å². The summed E-state index contributed by atoms with van der Waals surface area (Å²) in [6.07, 6.45) is 0. The van der Waals surface area contributed by atoms with Crippen LogP contribution < -0.4 is 10.6 Å². The lowest BCUT2D eigenvalue weighted by Crippen LogP contribution is -2.48. The Balaban J connectivity index is 1.71.